The fraction of sp³-hybridized carbons (Fsp3) is 0.190. The molecule has 0 radical (unpaired) electrons. The highest BCUT2D eigenvalue weighted by Crippen LogP contribution is 2.14. The van der Waals surface area contributed by atoms with Crippen LogP contribution in [0.3, 0.4) is 0 Å². The van der Waals surface area contributed by atoms with Crippen LogP contribution in [0.25, 0.3) is 17.2 Å². The van der Waals surface area contributed by atoms with Gasteiger partial charge in [0.25, 0.3) is 11.3 Å². The number of nitrogens with one attached hydrogen (secondary N) is 1. The van der Waals surface area contributed by atoms with E-state index >= 15 is 0 Å². The zero-order valence-electron chi connectivity index (χ0n) is 15.7. The highest BCUT2D eigenvalue weighted by Gasteiger charge is 2.12. The highest BCUT2D eigenvalue weighted by atomic mass is 35.5. The Balaban J connectivity index is 0.00000240. The van der Waals surface area contributed by atoms with Crippen LogP contribution in [0.5, 0.6) is 0 Å². The normalized spacial score (nSPS) is 11.0. The Morgan fingerprint density at radius 3 is 2.34 bits per heavy atom. The summed E-state index contributed by atoms with van der Waals surface area (Å²) >= 11 is 0. The third-order valence-corrected chi connectivity index (χ3v) is 4.48. The first-order chi connectivity index (χ1) is 13.7. The van der Waals surface area contributed by atoms with Crippen molar-refractivity contribution in [2.45, 2.75) is 13.1 Å². The number of halogens is 1. The van der Waals surface area contributed by atoms with E-state index in [0.29, 0.717) is 36.9 Å². The minimum Gasteiger partial charge on any atom is -0.395 e. The predicted molar refractivity (Wildman–Crippen MR) is 114 cm³/mol. The number of hydrogen-bond acceptors (Lipinski definition) is 5. The number of aromatic nitrogens is 4. The minimum atomic E-state index is -0.210. The van der Waals surface area contributed by atoms with Gasteiger partial charge < -0.3 is 5.11 Å². The van der Waals surface area contributed by atoms with Crippen LogP contribution in [0.4, 0.5) is 0 Å². The van der Waals surface area contributed by atoms with Gasteiger partial charge in [-0.1, -0.05) is 60.7 Å². The van der Waals surface area contributed by atoms with E-state index in [1.807, 2.05) is 60.7 Å². The highest BCUT2D eigenvalue weighted by molar-refractivity contribution is 5.85. The molecule has 2 aromatic heterocycles. The summed E-state index contributed by atoms with van der Waals surface area (Å²) in [4.78, 5) is 23.6. The molecule has 8 heteroatoms. The molecule has 0 atom stereocenters. The second kappa shape index (κ2) is 9.47. The lowest BCUT2D eigenvalue weighted by atomic mass is 10.2. The monoisotopic (exact) mass is 411 g/mol. The maximum Gasteiger partial charge on any atom is 0.274 e. The lowest BCUT2D eigenvalue weighted by Gasteiger charge is -2.20. The third kappa shape index (κ3) is 4.89. The molecule has 150 valence electrons. The van der Waals surface area contributed by atoms with E-state index in [0.717, 1.165) is 11.1 Å². The molecular weight excluding hydrogens is 390 g/mol. The fourth-order valence-corrected chi connectivity index (χ4v) is 3.16. The number of aliphatic hydroxyl groups is 1. The molecule has 2 aromatic carbocycles. The Bertz CT molecular complexity index is 1110. The molecule has 4 rings (SSSR count). The van der Waals surface area contributed by atoms with Crippen molar-refractivity contribution in [2.75, 3.05) is 13.2 Å². The van der Waals surface area contributed by atoms with Crippen LogP contribution in [0.2, 0.25) is 0 Å². The fourth-order valence-electron chi connectivity index (χ4n) is 3.16. The first-order valence-electron chi connectivity index (χ1n) is 9.14. The number of H-pyrrole nitrogens is 1. The van der Waals surface area contributed by atoms with Gasteiger partial charge >= 0.3 is 0 Å². The maximum absolute atomic E-state index is 12.5. The van der Waals surface area contributed by atoms with Crippen LogP contribution in [0.15, 0.2) is 71.5 Å². The van der Waals surface area contributed by atoms with Gasteiger partial charge in [0, 0.05) is 31.3 Å². The van der Waals surface area contributed by atoms with Crippen molar-refractivity contribution in [3.63, 3.8) is 0 Å². The van der Waals surface area contributed by atoms with Crippen molar-refractivity contribution in [1.29, 1.82) is 0 Å². The van der Waals surface area contributed by atoms with Crippen LogP contribution in [-0.4, -0.2) is 42.7 Å². The SMILES string of the molecule is Cl.O=c1cc(CN(CCO)Cc2ccccc2)nc2nc(-c3ccccc3)[nH]n12. The van der Waals surface area contributed by atoms with Gasteiger partial charge in [0.15, 0.2) is 5.82 Å². The van der Waals surface area contributed by atoms with Gasteiger partial charge in [0.1, 0.15) is 0 Å². The lowest BCUT2D eigenvalue weighted by molar-refractivity contribution is 0.183. The average Bonchev–Trinajstić information content (AvgIpc) is 3.14. The molecule has 0 saturated heterocycles. The van der Waals surface area contributed by atoms with Crippen molar-refractivity contribution in [3.05, 3.63) is 88.3 Å². The molecule has 2 N–H and O–H groups in total. The Kier molecular flexibility index (Phi) is 6.77. The van der Waals surface area contributed by atoms with Gasteiger partial charge in [-0.2, -0.15) is 9.50 Å². The Hall–Kier alpha value is -3.00. The molecule has 7 nitrogen and oxygen atoms in total. The van der Waals surface area contributed by atoms with Crippen LogP contribution >= 0.6 is 12.4 Å². The van der Waals surface area contributed by atoms with E-state index in [2.05, 4.69) is 20.0 Å². The molecule has 4 aromatic rings. The van der Waals surface area contributed by atoms with E-state index in [9.17, 15) is 9.90 Å². The van der Waals surface area contributed by atoms with Gasteiger partial charge in [-0.15, -0.1) is 12.4 Å². The van der Waals surface area contributed by atoms with Crippen LogP contribution < -0.4 is 5.56 Å². The molecule has 0 amide bonds. The second-order valence-electron chi connectivity index (χ2n) is 6.58. The van der Waals surface area contributed by atoms with Gasteiger partial charge in [0.2, 0.25) is 0 Å². The summed E-state index contributed by atoms with van der Waals surface area (Å²) in [6.45, 7) is 1.65. The predicted octanol–water partition coefficient (Wildman–Crippen LogP) is 2.50. The molecule has 0 aliphatic rings. The number of hydrogen-bond donors (Lipinski definition) is 2. The third-order valence-electron chi connectivity index (χ3n) is 4.48. The number of aromatic amines is 1. The number of rotatable bonds is 7. The summed E-state index contributed by atoms with van der Waals surface area (Å²) in [5.74, 6) is 0.934. The Labute approximate surface area is 174 Å². The first-order valence-corrected chi connectivity index (χ1v) is 9.14. The molecular formula is C21H22ClN5O2. The molecule has 0 bridgehead atoms. The van der Waals surface area contributed by atoms with Crippen molar-refractivity contribution in [2.24, 2.45) is 0 Å². The smallest absolute Gasteiger partial charge is 0.274 e. The number of benzene rings is 2. The zero-order valence-corrected chi connectivity index (χ0v) is 16.5. The van der Waals surface area contributed by atoms with Gasteiger partial charge in [-0.3, -0.25) is 14.8 Å². The molecule has 29 heavy (non-hydrogen) atoms. The van der Waals surface area contributed by atoms with E-state index in [4.69, 9.17) is 0 Å². The summed E-state index contributed by atoms with van der Waals surface area (Å²) in [7, 11) is 0. The quantitative estimate of drug-likeness (QED) is 0.488. The van der Waals surface area contributed by atoms with Gasteiger partial charge in [-0.25, -0.2) is 4.98 Å². The summed E-state index contributed by atoms with van der Waals surface area (Å²) in [5, 5.41) is 12.4. The molecule has 0 saturated carbocycles. The molecule has 0 unspecified atom stereocenters. The van der Waals surface area contributed by atoms with Crippen molar-refractivity contribution in [1.82, 2.24) is 24.5 Å². The zero-order chi connectivity index (χ0) is 19.3. The lowest BCUT2D eigenvalue weighted by Crippen LogP contribution is -2.28. The average molecular weight is 412 g/mol. The summed E-state index contributed by atoms with van der Waals surface area (Å²) < 4.78 is 1.35. The Morgan fingerprint density at radius 1 is 0.966 bits per heavy atom. The summed E-state index contributed by atoms with van der Waals surface area (Å²) in [6.07, 6.45) is 0. The minimum absolute atomic E-state index is 0. The van der Waals surface area contributed by atoms with E-state index < -0.39 is 0 Å². The summed E-state index contributed by atoms with van der Waals surface area (Å²) in [5.41, 5.74) is 2.44. The largest absolute Gasteiger partial charge is 0.395 e. The molecule has 0 fully saturated rings. The molecule has 0 aliphatic carbocycles. The number of aliphatic hydroxyl groups excluding tert-OH is 1. The van der Waals surface area contributed by atoms with Crippen LogP contribution in [0.1, 0.15) is 11.3 Å². The van der Waals surface area contributed by atoms with Crippen molar-refractivity contribution >= 4 is 18.2 Å². The van der Waals surface area contributed by atoms with Crippen molar-refractivity contribution < 1.29 is 5.11 Å². The summed E-state index contributed by atoms with van der Waals surface area (Å²) in [6, 6.07) is 21.1. The molecule has 0 spiro atoms. The van der Waals surface area contributed by atoms with E-state index in [-0.39, 0.29) is 24.6 Å². The van der Waals surface area contributed by atoms with Gasteiger partial charge in [-0.05, 0) is 5.56 Å². The topological polar surface area (TPSA) is 86.5 Å². The van der Waals surface area contributed by atoms with Crippen LogP contribution in [0, 0.1) is 0 Å². The Morgan fingerprint density at radius 2 is 1.66 bits per heavy atom. The molecule has 0 aliphatic heterocycles. The first kappa shape index (κ1) is 20.7. The number of fused-ring (bicyclic) bond motifs is 1. The van der Waals surface area contributed by atoms with Gasteiger partial charge in [0.05, 0.1) is 12.3 Å². The van der Waals surface area contributed by atoms with Crippen LogP contribution in [-0.2, 0) is 13.1 Å². The van der Waals surface area contributed by atoms with E-state index in [1.54, 1.807) is 0 Å². The maximum atomic E-state index is 12.5. The van der Waals surface area contributed by atoms with E-state index in [1.165, 1.54) is 10.6 Å². The standard InChI is InChI=1S/C21H21N5O2.ClH/c27-12-11-25(14-16-7-3-1-4-8-16)15-18-13-19(28)26-21(22-18)23-20(24-26)17-9-5-2-6-10-17;/h1-10,13,27H,11-12,14-15H2,(H,22,23,24);1H. The number of nitrogens with zero attached hydrogens (tertiary/aromatic N) is 4. The second-order valence-corrected chi connectivity index (χ2v) is 6.58. The van der Waals surface area contributed by atoms with Crippen molar-refractivity contribution in [3.8, 4) is 11.4 Å². The molecule has 2 heterocycles.